The Labute approximate surface area is 179 Å². The number of amides is 1. The van der Waals surface area contributed by atoms with E-state index in [1.165, 1.54) is 0 Å². The SMILES string of the molecule is Cc1nn(C2CCOC(C)(C)C2)c2c1C(c1ccc(Cl)cc1Cl)SCC(=O)N2. The predicted molar refractivity (Wildman–Crippen MR) is 115 cm³/mol. The molecule has 28 heavy (non-hydrogen) atoms. The van der Waals surface area contributed by atoms with Crippen molar-refractivity contribution in [1.82, 2.24) is 9.78 Å². The molecule has 8 heteroatoms. The van der Waals surface area contributed by atoms with Crippen molar-refractivity contribution >= 4 is 46.7 Å². The molecule has 1 saturated heterocycles. The van der Waals surface area contributed by atoms with Gasteiger partial charge in [0.1, 0.15) is 5.82 Å². The Morgan fingerprint density at radius 3 is 2.86 bits per heavy atom. The van der Waals surface area contributed by atoms with Crippen LogP contribution in [0, 0.1) is 6.92 Å². The largest absolute Gasteiger partial charge is 0.375 e. The van der Waals surface area contributed by atoms with E-state index >= 15 is 0 Å². The number of nitrogens with one attached hydrogen (secondary N) is 1. The fourth-order valence-corrected chi connectivity index (χ4v) is 5.85. The van der Waals surface area contributed by atoms with Crippen LogP contribution in [0.25, 0.3) is 0 Å². The number of hydrogen-bond donors (Lipinski definition) is 1. The van der Waals surface area contributed by atoms with Gasteiger partial charge in [0.2, 0.25) is 5.91 Å². The average molecular weight is 440 g/mol. The normalized spacial score (nSPS) is 24.4. The van der Waals surface area contributed by atoms with Gasteiger partial charge in [-0.25, -0.2) is 4.68 Å². The van der Waals surface area contributed by atoms with E-state index in [0.717, 1.165) is 35.5 Å². The molecule has 2 aromatic rings. The molecule has 4 rings (SSSR count). The minimum atomic E-state index is -0.210. The number of nitrogens with zero attached hydrogens (tertiary/aromatic N) is 2. The quantitative estimate of drug-likeness (QED) is 0.679. The summed E-state index contributed by atoms with van der Waals surface area (Å²) in [5, 5.41) is 9.06. The predicted octanol–water partition coefficient (Wildman–Crippen LogP) is 5.40. The zero-order valence-electron chi connectivity index (χ0n) is 16.1. The third-order valence-electron chi connectivity index (χ3n) is 5.29. The van der Waals surface area contributed by atoms with Crippen molar-refractivity contribution in [2.24, 2.45) is 0 Å². The Kier molecular flexibility index (Phi) is 5.42. The standard InChI is InChI=1S/C20H23Cl2N3O2S/c1-11-17-18(14-5-4-12(21)8-15(14)22)28-10-16(26)23-19(17)25(24-11)13-6-7-27-20(2,3)9-13/h4-5,8,13,18H,6-7,9-10H2,1-3H3,(H,23,26). The van der Waals surface area contributed by atoms with E-state index in [1.807, 2.05) is 23.7 Å². The number of aryl methyl sites for hydroxylation is 1. The highest BCUT2D eigenvalue weighted by molar-refractivity contribution is 8.00. The van der Waals surface area contributed by atoms with Gasteiger partial charge in [-0.05, 0) is 51.3 Å². The van der Waals surface area contributed by atoms with Crippen molar-refractivity contribution in [3.63, 3.8) is 0 Å². The molecule has 0 aliphatic carbocycles. The maximum atomic E-state index is 12.5. The number of ether oxygens (including phenoxy) is 1. The van der Waals surface area contributed by atoms with Crippen LogP contribution in [-0.4, -0.2) is 33.6 Å². The molecular formula is C20H23Cl2N3O2S. The van der Waals surface area contributed by atoms with Crippen molar-refractivity contribution in [3.05, 3.63) is 45.1 Å². The topological polar surface area (TPSA) is 56.2 Å². The van der Waals surface area contributed by atoms with Crippen LogP contribution in [0.4, 0.5) is 5.82 Å². The summed E-state index contributed by atoms with van der Waals surface area (Å²) in [6.07, 6.45) is 1.71. The van der Waals surface area contributed by atoms with E-state index < -0.39 is 0 Å². The molecule has 150 valence electrons. The second kappa shape index (κ2) is 7.56. The van der Waals surface area contributed by atoms with Crippen molar-refractivity contribution in [2.45, 2.75) is 50.5 Å². The molecule has 0 bridgehead atoms. The Hall–Kier alpha value is -1.21. The lowest BCUT2D eigenvalue weighted by Crippen LogP contribution is -2.36. The van der Waals surface area contributed by atoms with Crippen molar-refractivity contribution in [2.75, 3.05) is 17.7 Å². The fourth-order valence-electron chi connectivity index (χ4n) is 4.04. The third kappa shape index (κ3) is 3.80. The number of anilines is 1. The van der Waals surface area contributed by atoms with Gasteiger partial charge in [0.05, 0.1) is 28.3 Å². The van der Waals surface area contributed by atoms with Gasteiger partial charge < -0.3 is 10.1 Å². The first kappa shape index (κ1) is 20.1. The van der Waals surface area contributed by atoms with Crippen molar-refractivity contribution in [3.8, 4) is 0 Å². The highest BCUT2D eigenvalue weighted by atomic mass is 35.5. The summed E-state index contributed by atoms with van der Waals surface area (Å²) in [4.78, 5) is 12.5. The molecule has 1 fully saturated rings. The molecule has 2 unspecified atom stereocenters. The number of carbonyl (C=O) groups is 1. The van der Waals surface area contributed by atoms with Gasteiger partial charge in [-0.1, -0.05) is 29.3 Å². The number of benzene rings is 1. The first-order chi connectivity index (χ1) is 13.2. The Morgan fingerprint density at radius 1 is 1.36 bits per heavy atom. The summed E-state index contributed by atoms with van der Waals surface area (Å²) in [5.74, 6) is 1.12. The number of halogens is 2. The van der Waals surface area contributed by atoms with Crippen LogP contribution in [0.3, 0.4) is 0 Å². The maximum absolute atomic E-state index is 12.5. The molecule has 3 heterocycles. The molecule has 0 spiro atoms. The number of hydrogen-bond acceptors (Lipinski definition) is 4. The third-order valence-corrected chi connectivity index (χ3v) is 7.11. The van der Waals surface area contributed by atoms with Crippen LogP contribution in [0.2, 0.25) is 10.0 Å². The van der Waals surface area contributed by atoms with Gasteiger partial charge in [-0.3, -0.25) is 4.79 Å². The zero-order valence-corrected chi connectivity index (χ0v) is 18.4. The van der Waals surface area contributed by atoms with E-state index in [-0.39, 0.29) is 22.8 Å². The molecule has 1 amide bonds. The lowest BCUT2D eigenvalue weighted by Gasteiger charge is -2.36. The highest BCUT2D eigenvalue weighted by Crippen LogP contribution is 2.47. The van der Waals surface area contributed by atoms with E-state index in [1.54, 1.807) is 17.8 Å². The minimum Gasteiger partial charge on any atom is -0.375 e. The van der Waals surface area contributed by atoms with E-state index in [4.69, 9.17) is 33.0 Å². The van der Waals surface area contributed by atoms with Gasteiger partial charge in [0.25, 0.3) is 0 Å². The van der Waals surface area contributed by atoms with Crippen molar-refractivity contribution in [1.29, 1.82) is 0 Å². The molecule has 1 N–H and O–H groups in total. The summed E-state index contributed by atoms with van der Waals surface area (Å²) in [7, 11) is 0. The van der Waals surface area contributed by atoms with Crippen LogP contribution < -0.4 is 5.32 Å². The number of fused-ring (bicyclic) bond motifs is 1. The van der Waals surface area contributed by atoms with Crippen LogP contribution in [0.15, 0.2) is 18.2 Å². The molecule has 0 saturated carbocycles. The average Bonchev–Trinajstić information content (AvgIpc) is 2.81. The lowest BCUT2D eigenvalue weighted by molar-refractivity contribution is -0.113. The zero-order chi connectivity index (χ0) is 20.1. The molecule has 2 aliphatic rings. The van der Waals surface area contributed by atoms with Gasteiger partial charge >= 0.3 is 0 Å². The van der Waals surface area contributed by atoms with Gasteiger partial charge in [0, 0.05) is 22.2 Å². The summed E-state index contributed by atoms with van der Waals surface area (Å²) in [6, 6.07) is 5.70. The van der Waals surface area contributed by atoms with E-state index in [2.05, 4.69) is 19.2 Å². The van der Waals surface area contributed by atoms with E-state index in [9.17, 15) is 4.79 Å². The van der Waals surface area contributed by atoms with Crippen LogP contribution >= 0.6 is 35.0 Å². The Bertz CT molecular complexity index is 928. The van der Waals surface area contributed by atoms with Crippen LogP contribution in [0.1, 0.15) is 54.8 Å². The monoisotopic (exact) mass is 439 g/mol. The summed E-state index contributed by atoms with van der Waals surface area (Å²) in [5.41, 5.74) is 2.66. The maximum Gasteiger partial charge on any atom is 0.235 e. The second-order valence-electron chi connectivity index (χ2n) is 7.95. The number of rotatable bonds is 2. The second-order valence-corrected chi connectivity index (χ2v) is 9.89. The van der Waals surface area contributed by atoms with E-state index in [0.29, 0.717) is 22.4 Å². The van der Waals surface area contributed by atoms with Gasteiger partial charge in [0.15, 0.2) is 0 Å². The van der Waals surface area contributed by atoms with Gasteiger partial charge in [-0.15, -0.1) is 11.8 Å². The first-order valence-electron chi connectivity index (χ1n) is 9.34. The van der Waals surface area contributed by atoms with Crippen LogP contribution in [-0.2, 0) is 9.53 Å². The highest BCUT2D eigenvalue weighted by Gasteiger charge is 2.36. The number of thioether (sulfide) groups is 1. The minimum absolute atomic E-state index is 0.0219. The van der Waals surface area contributed by atoms with Crippen molar-refractivity contribution < 1.29 is 9.53 Å². The molecule has 2 aliphatic heterocycles. The molecule has 5 nitrogen and oxygen atoms in total. The molecule has 2 atom stereocenters. The summed E-state index contributed by atoms with van der Waals surface area (Å²) >= 11 is 14.2. The molecular weight excluding hydrogens is 417 g/mol. The number of aromatic nitrogens is 2. The van der Waals surface area contributed by atoms with Crippen LogP contribution in [0.5, 0.6) is 0 Å². The Morgan fingerprint density at radius 2 is 2.14 bits per heavy atom. The van der Waals surface area contributed by atoms with Gasteiger partial charge in [-0.2, -0.15) is 5.10 Å². The lowest BCUT2D eigenvalue weighted by atomic mass is 9.94. The molecule has 1 aromatic carbocycles. The Balaban J connectivity index is 1.81. The fraction of sp³-hybridized carbons (Fsp3) is 0.500. The smallest absolute Gasteiger partial charge is 0.235 e. The number of carbonyl (C=O) groups excluding carboxylic acids is 1. The summed E-state index contributed by atoms with van der Waals surface area (Å²) in [6.45, 7) is 6.87. The summed E-state index contributed by atoms with van der Waals surface area (Å²) < 4.78 is 7.86. The molecule has 1 aromatic heterocycles. The first-order valence-corrected chi connectivity index (χ1v) is 11.1. The molecule has 0 radical (unpaired) electrons.